The molecule has 3 aromatic carbocycles. The van der Waals surface area contributed by atoms with E-state index in [0.717, 1.165) is 18.2 Å². The van der Waals surface area contributed by atoms with E-state index >= 15 is 0 Å². The van der Waals surface area contributed by atoms with E-state index in [1.54, 1.807) is 13.2 Å². The lowest BCUT2D eigenvalue weighted by Gasteiger charge is -2.29. The fraction of sp³-hybridized carbons (Fsp3) is 0.250. The molecule has 0 saturated carbocycles. The number of hydrogen-bond acceptors (Lipinski definition) is 3. The minimum absolute atomic E-state index is 0.0919. The van der Waals surface area contributed by atoms with E-state index in [1.807, 2.05) is 0 Å². The molecule has 1 saturated heterocycles. The Morgan fingerprint density at radius 1 is 0.742 bits per heavy atom. The fourth-order valence-corrected chi connectivity index (χ4v) is 3.56. The minimum Gasteiger partial charge on any atom is -0.384 e. The van der Waals surface area contributed by atoms with Gasteiger partial charge < -0.3 is 14.2 Å². The predicted molar refractivity (Wildman–Crippen MR) is 107 cm³/mol. The molecule has 31 heavy (non-hydrogen) atoms. The van der Waals surface area contributed by atoms with Gasteiger partial charge in [0, 0.05) is 29.7 Å². The second-order valence-corrected chi connectivity index (χ2v) is 7.38. The van der Waals surface area contributed by atoms with Gasteiger partial charge in [-0.05, 0) is 35.4 Å². The Hall–Kier alpha value is -2.74. The van der Waals surface area contributed by atoms with E-state index < -0.39 is 29.6 Å². The molecule has 0 atom stereocenters. The zero-order valence-electron chi connectivity index (χ0n) is 16.7. The zero-order chi connectivity index (χ0) is 22.0. The van der Waals surface area contributed by atoms with Gasteiger partial charge in [0.1, 0.15) is 11.6 Å². The van der Waals surface area contributed by atoms with E-state index in [0.29, 0.717) is 30.9 Å². The maximum absolute atomic E-state index is 14.8. The Labute approximate surface area is 177 Å². The molecule has 4 rings (SSSR count). The summed E-state index contributed by atoms with van der Waals surface area (Å²) in [4.78, 5) is 0. The summed E-state index contributed by atoms with van der Waals surface area (Å²) < 4.78 is 72.4. The molecule has 0 aromatic heterocycles. The summed E-state index contributed by atoms with van der Waals surface area (Å²) in [5, 5.41) is 0. The number of benzene rings is 3. The van der Waals surface area contributed by atoms with Crippen LogP contribution in [0.2, 0.25) is 0 Å². The first-order chi connectivity index (χ1) is 15.0. The third-order valence-electron chi connectivity index (χ3n) is 5.14. The van der Waals surface area contributed by atoms with Gasteiger partial charge in [0.2, 0.25) is 0 Å². The molecule has 0 spiro atoms. The first-order valence-corrected chi connectivity index (χ1v) is 9.73. The van der Waals surface area contributed by atoms with Crippen molar-refractivity contribution in [3.05, 3.63) is 83.4 Å². The summed E-state index contributed by atoms with van der Waals surface area (Å²) >= 11 is 0. The van der Waals surface area contributed by atoms with Crippen molar-refractivity contribution < 1.29 is 31.8 Å². The van der Waals surface area contributed by atoms with E-state index in [-0.39, 0.29) is 22.6 Å². The highest BCUT2D eigenvalue weighted by atomic mass is 19.2. The average molecular weight is 432 g/mol. The molecule has 0 N–H and O–H groups in total. The maximum Gasteiger partial charge on any atom is 0.183 e. The summed E-state index contributed by atoms with van der Waals surface area (Å²) in [6.07, 6.45) is -0.677. The van der Waals surface area contributed by atoms with Gasteiger partial charge in [-0.2, -0.15) is 0 Å². The van der Waals surface area contributed by atoms with Gasteiger partial charge in [0.05, 0.1) is 19.8 Å². The number of rotatable bonds is 5. The summed E-state index contributed by atoms with van der Waals surface area (Å²) in [5.74, 6) is -3.17. The minimum atomic E-state index is -1.07. The van der Waals surface area contributed by atoms with Crippen LogP contribution in [0.3, 0.4) is 0 Å². The van der Waals surface area contributed by atoms with Crippen molar-refractivity contribution in [3.63, 3.8) is 0 Å². The van der Waals surface area contributed by atoms with Gasteiger partial charge in [0.25, 0.3) is 0 Å². The van der Waals surface area contributed by atoms with Crippen LogP contribution >= 0.6 is 0 Å². The second-order valence-electron chi connectivity index (χ2n) is 7.38. The molecule has 0 aliphatic carbocycles. The molecular formula is C24H20F4O3. The Morgan fingerprint density at radius 2 is 1.32 bits per heavy atom. The van der Waals surface area contributed by atoms with Gasteiger partial charge in [-0.1, -0.05) is 30.3 Å². The van der Waals surface area contributed by atoms with E-state index in [1.165, 1.54) is 30.3 Å². The average Bonchev–Trinajstić information content (AvgIpc) is 2.76. The number of ether oxygens (including phenoxy) is 3. The molecule has 1 fully saturated rings. The van der Waals surface area contributed by atoms with Crippen LogP contribution in [0.5, 0.6) is 0 Å². The van der Waals surface area contributed by atoms with Crippen molar-refractivity contribution in [3.8, 4) is 22.3 Å². The molecular weight excluding hydrogens is 412 g/mol. The first-order valence-electron chi connectivity index (χ1n) is 9.73. The molecule has 0 amide bonds. The predicted octanol–water partition coefficient (Wildman–Crippen LogP) is 5.89. The van der Waals surface area contributed by atoms with Crippen LogP contribution in [0.25, 0.3) is 22.3 Å². The third kappa shape index (κ3) is 4.63. The van der Waals surface area contributed by atoms with Crippen molar-refractivity contribution in [2.75, 3.05) is 26.9 Å². The quantitative estimate of drug-likeness (QED) is 0.471. The van der Waals surface area contributed by atoms with Gasteiger partial charge in [0.15, 0.2) is 17.9 Å². The highest BCUT2D eigenvalue weighted by Gasteiger charge is 2.24. The normalized spacial score (nSPS) is 18.9. The standard InChI is InChI=1S/C24H20F4O3/c1-29-11-14-12-30-24(31-13-14)17-3-6-19(22(27)10-17)15-2-5-18(21(26)8-15)16-4-7-20(25)23(28)9-16/h2-10,14,24H,11-13H2,1H3. The maximum atomic E-state index is 14.8. The molecule has 0 radical (unpaired) electrons. The van der Waals surface area contributed by atoms with Crippen LogP contribution in [0.1, 0.15) is 11.9 Å². The zero-order valence-corrected chi connectivity index (χ0v) is 16.7. The molecule has 1 aliphatic rings. The van der Waals surface area contributed by atoms with Crippen molar-refractivity contribution in [1.29, 1.82) is 0 Å². The van der Waals surface area contributed by atoms with Crippen LogP contribution in [-0.2, 0) is 14.2 Å². The molecule has 0 unspecified atom stereocenters. The van der Waals surface area contributed by atoms with Crippen molar-refractivity contribution in [1.82, 2.24) is 0 Å². The summed E-state index contributed by atoms with van der Waals surface area (Å²) in [6, 6.07) is 11.7. The van der Waals surface area contributed by atoms with Gasteiger partial charge in [-0.3, -0.25) is 0 Å². The molecule has 1 aliphatic heterocycles. The van der Waals surface area contributed by atoms with Gasteiger partial charge in [-0.15, -0.1) is 0 Å². The highest BCUT2D eigenvalue weighted by molar-refractivity contribution is 5.71. The van der Waals surface area contributed by atoms with E-state index in [4.69, 9.17) is 14.2 Å². The number of hydrogen-bond donors (Lipinski definition) is 0. The molecule has 1 heterocycles. The lowest BCUT2D eigenvalue weighted by Crippen LogP contribution is -2.29. The number of halogens is 4. The summed E-state index contributed by atoms with van der Waals surface area (Å²) in [7, 11) is 1.60. The second kappa shape index (κ2) is 9.18. The Morgan fingerprint density at radius 3 is 1.90 bits per heavy atom. The van der Waals surface area contributed by atoms with Crippen LogP contribution in [0.15, 0.2) is 54.6 Å². The first kappa shape index (κ1) is 21.5. The SMILES string of the molecule is COCC1COC(c2ccc(-c3ccc(-c4ccc(F)c(F)c4)c(F)c3)c(F)c2)OC1. The summed E-state index contributed by atoms with van der Waals surface area (Å²) in [6.45, 7) is 1.41. The van der Waals surface area contributed by atoms with Gasteiger partial charge >= 0.3 is 0 Å². The van der Waals surface area contributed by atoms with Crippen molar-refractivity contribution in [2.24, 2.45) is 5.92 Å². The molecule has 0 bridgehead atoms. The van der Waals surface area contributed by atoms with E-state index in [9.17, 15) is 17.6 Å². The Balaban J connectivity index is 1.54. The van der Waals surface area contributed by atoms with Crippen molar-refractivity contribution in [2.45, 2.75) is 6.29 Å². The smallest absolute Gasteiger partial charge is 0.183 e. The third-order valence-corrected chi connectivity index (χ3v) is 5.14. The molecule has 162 valence electrons. The largest absolute Gasteiger partial charge is 0.384 e. The van der Waals surface area contributed by atoms with E-state index in [2.05, 4.69) is 0 Å². The van der Waals surface area contributed by atoms with Crippen LogP contribution in [0, 0.1) is 29.2 Å². The Bertz CT molecular complexity index is 1080. The van der Waals surface area contributed by atoms with Crippen LogP contribution in [-0.4, -0.2) is 26.9 Å². The highest BCUT2D eigenvalue weighted by Crippen LogP contribution is 2.32. The topological polar surface area (TPSA) is 27.7 Å². The van der Waals surface area contributed by atoms with Crippen LogP contribution in [0.4, 0.5) is 17.6 Å². The van der Waals surface area contributed by atoms with Crippen LogP contribution < -0.4 is 0 Å². The fourth-order valence-electron chi connectivity index (χ4n) is 3.56. The van der Waals surface area contributed by atoms with Crippen molar-refractivity contribution >= 4 is 0 Å². The Kier molecular flexibility index (Phi) is 6.36. The van der Waals surface area contributed by atoms with Gasteiger partial charge in [-0.25, -0.2) is 17.6 Å². The molecule has 3 nitrogen and oxygen atoms in total. The molecule has 3 aromatic rings. The monoisotopic (exact) mass is 432 g/mol. The molecule has 7 heteroatoms. The number of methoxy groups -OCH3 is 1. The lowest BCUT2D eigenvalue weighted by atomic mass is 9.98. The lowest BCUT2D eigenvalue weighted by molar-refractivity contribution is -0.211. The summed E-state index contributed by atoms with van der Waals surface area (Å²) in [5.41, 5.74) is 1.33.